The summed E-state index contributed by atoms with van der Waals surface area (Å²) in [5.74, 6) is 0.125. The Bertz CT molecular complexity index is 828. The number of hydrogen-bond acceptors (Lipinski definition) is 3. The van der Waals surface area contributed by atoms with E-state index in [1.807, 2.05) is 32.9 Å². The fourth-order valence-electron chi connectivity index (χ4n) is 3.08. The maximum Gasteiger partial charge on any atom is 0.409 e. The minimum atomic E-state index is -4.52. The van der Waals surface area contributed by atoms with E-state index in [2.05, 4.69) is 5.43 Å². The van der Waals surface area contributed by atoms with Crippen LogP contribution in [0.3, 0.4) is 0 Å². The molecule has 2 aromatic rings. The number of ether oxygens (including phenoxy) is 1. The maximum atomic E-state index is 13.7. The molecule has 1 aliphatic rings. The van der Waals surface area contributed by atoms with Gasteiger partial charge in [-0.25, -0.2) is 5.01 Å². The summed E-state index contributed by atoms with van der Waals surface area (Å²) in [5.41, 5.74) is 1.89. The number of amides is 1. The minimum absolute atomic E-state index is 0.0151. The molecule has 1 saturated heterocycles. The molecule has 26 heavy (non-hydrogen) atoms. The van der Waals surface area contributed by atoms with Crippen molar-refractivity contribution in [2.24, 2.45) is 0 Å². The number of fused-ring (bicyclic) bond motifs is 1. The van der Waals surface area contributed by atoms with Crippen molar-refractivity contribution in [3.63, 3.8) is 0 Å². The highest BCUT2D eigenvalue weighted by Gasteiger charge is 2.47. The molecule has 0 spiro atoms. The van der Waals surface area contributed by atoms with Gasteiger partial charge < -0.3 is 4.74 Å². The van der Waals surface area contributed by atoms with Gasteiger partial charge in [0.25, 0.3) is 0 Å². The molecule has 1 atom stereocenters. The van der Waals surface area contributed by atoms with Gasteiger partial charge in [0.05, 0.1) is 0 Å². The quantitative estimate of drug-likeness (QED) is 0.878. The van der Waals surface area contributed by atoms with E-state index in [1.54, 1.807) is 12.1 Å². The number of carbonyl (C=O) groups is 1. The lowest BCUT2D eigenvalue weighted by molar-refractivity contribution is -0.191. The first-order valence-corrected chi connectivity index (χ1v) is 8.39. The third-order valence-corrected chi connectivity index (χ3v) is 4.07. The molecule has 140 valence electrons. The van der Waals surface area contributed by atoms with E-state index in [0.29, 0.717) is 11.1 Å². The summed E-state index contributed by atoms with van der Waals surface area (Å²) in [4.78, 5) is 11.4. The molecule has 7 heteroatoms. The number of nitrogens with one attached hydrogen (secondary N) is 1. The van der Waals surface area contributed by atoms with Gasteiger partial charge >= 0.3 is 6.18 Å². The van der Waals surface area contributed by atoms with Crippen LogP contribution < -0.4 is 10.2 Å². The average molecular weight is 366 g/mol. The maximum absolute atomic E-state index is 13.7. The van der Waals surface area contributed by atoms with Gasteiger partial charge in [-0.2, -0.15) is 13.2 Å². The van der Waals surface area contributed by atoms with Crippen LogP contribution in [0.4, 0.5) is 13.2 Å². The Labute approximate surface area is 149 Å². The van der Waals surface area contributed by atoms with Crippen LogP contribution in [0.2, 0.25) is 0 Å². The highest BCUT2D eigenvalue weighted by atomic mass is 19.4. The van der Waals surface area contributed by atoms with Crippen molar-refractivity contribution in [3.05, 3.63) is 42.0 Å². The fraction of sp³-hybridized carbons (Fsp3) is 0.421. The van der Waals surface area contributed by atoms with Gasteiger partial charge in [-0.15, -0.1) is 0 Å². The molecule has 2 aromatic carbocycles. The zero-order chi connectivity index (χ0) is 19.1. The Kier molecular flexibility index (Phi) is 4.60. The number of carbonyl (C=O) groups excluding carboxylic acids is 1. The first-order valence-electron chi connectivity index (χ1n) is 8.39. The monoisotopic (exact) mass is 366 g/mol. The molecule has 0 radical (unpaired) electrons. The van der Waals surface area contributed by atoms with Crippen LogP contribution in [0.1, 0.15) is 38.8 Å². The van der Waals surface area contributed by atoms with Gasteiger partial charge in [0.2, 0.25) is 5.91 Å². The largest absolute Gasteiger partial charge is 0.488 e. The van der Waals surface area contributed by atoms with Gasteiger partial charge in [0, 0.05) is 18.4 Å². The lowest BCUT2D eigenvalue weighted by Gasteiger charge is -2.29. The second-order valence-corrected chi connectivity index (χ2v) is 7.37. The molecular formula is C19H21F3N2O2. The first-order chi connectivity index (χ1) is 12.0. The first kappa shape index (κ1) is 18.5. The third-order valence-electron chi connectivity index (χ3n) is 4.07. The van der Waals surface area contributed by atoms with Crippen LogP contribution in [0, 0.1) is 0 Å². The number of benzene rings is 2. The van der Waals surface area contributed by atoms with Crippen molar-refractivity contribution < 1.29 is 22.7 Å². The average Bonchev–Trinajstić information content (AvgIpc) is 2.91. The standard InChI is InChI=1S/C19H21F3N2O2/c1-18(2,3)26-15-6-4-5-12-7-8-13(11-14(12)15)17(19(20,21)22)24-10-9-16(25)23-24/h4-8,11,17H,9-10H2,1-3H3,(H,23,25)/t17-/m0/s1. The molecule has 0 aromatic heterocycles. The van der Waals surface area contributed by atoms with Crippen molar-refractivity contribution in [1.82, 2.24) is 10.4 Å². The highest BCUT2D eigenvalue weighted by Crippen LogP contribution is 2.40. The van der Waals surface area contributed by atoms with E-state index in [1.165, 1.54) is 12.1 Å². The van der Waals surface area contributed by atoms with Crippen LogP contribution in [0.25, 0.3) is 10.8 Å². The van der Waals surface area contributed by atoms with Crippen molar-refractivity contribution >= 4 is 16.7 Å². The summed E-state index contributed by atoms with van der Waals surface area (Å²) in [7, 11) is 0. The van der Waals surface area contributed by atoms with Crippen molar-refractivity contribution in [3.8, 4) is 5.75 Å². The smallest absolute Gasteiger partial charge is 0.409 e. The van der Waals surface area contributed by atoms with Gasteiger partial charge in [-0.3, -0.25) is 10.2 Å². The van der Waals surface area contributed by atoms with Gasteiger partial charge in [0.15, 0.2) is 0 Å². The SMILES string of the molecule is CC(C)(C)Oc1cccc2ccc([C@H](N3CCC(=O)N3)C(F)(F)F)cc12. The number of nitrogens with zero attached hydrogens (tertiary/aromatic N) is 1. The Morgan fingerprint density at radius 1 is 1.15 bits per heavy atom. The molecule has 1 N–H and O–H groups in total. The summed E-state index contributed by atoms with van der Waals surface area (Å²) in [6, 6.07) is 8.08. The van der Waals surface area contributed by atoms with Gasteiger partial charge in [-0.05, 0) is 43.9 Å². The molecule has 1 fully saturated rings. The Morgan fingerprint density at radius 2 is 1.88 bits per heavy atom. The highest BCUT2D eigenvalue weighted by molar-refractivity contribution is 5.89. The second kappa shape index (κ2) is 6.46. The number of halogens is 3. The zero-order valence-corrected chi connectivity index (χ0v) is 14.9. The zero-order valence-electron chi connectivity index (χ0n) is 14.9. The summed E-state index contributed by atoms with van der Waals surface area (Å²) >= 11 is 0. The molecule has 0 unspecified atom stereocenters. The molecule has 3 rings (SSSR count). The fourth-order valence-corrected chi connectivity index (χ4v) is 3.08. The molecule has 1 amide bonds. The summed E-state index contributed by atoms with van der Waals surface area (Å²) < 4.78 is 47.1. The topological polar surface area (TPSA) is 41.6 Å². The van der Waals surface area contributed by atoms with Crippen molar-refractivity contribution in [2.45, 2.75) is 45.0 Å². The van der Waals surface area contributed by atoms with E-state index in [0.717, 1.165) is 10.4 Å². The van der Waals surface area contributed by atoms with E-state index < -0.39 is 23.7 Å². The molecule has 1 heterocycles. The van der Waals surface area contributed by atoms with Gasteiger partial charge in [0.1, 0.15) is 17.4 Å². The summed E-state index contributed by atoms with van der Waals surface area (Å²) in [6.07, 6.45) is -4.47. The number of hydrogen-bond donors (Lipinski definition) is 1. The predicted molar refractivity (Wildman–Crippen MR) is 92.6 cm³/mol. The van der Waals surface area contributed by atoms with Crippen LogP contribution in [0.5, 0.6) is 5.75 Å². The molecule has 0 saturated carbocycles. The van der Waals surface area contributed by atoms with E-state index in [-0.39, 0.29) is 18.5 Å². The summed E-state index contributed by atoms with van der Waals surface area (Å²) in [6.45, 7) is 5.66. The van der Waals surface area contributed by atoms with Crippen molar-refractivity contribution in [1.29, 1.82) is 0 Å². The number of rotatable bonds is 3. The molecular weight excluding hydrogens is 345 g/mol. The predicted octanol–water partition coefficient (Wildman–Crippen LogP) is 4.36. The Morgan fingerprint density at radius 3 is 2.46 bits per heavy atom. The summed E-state index contributed by atoms with van der Waals surface area (Å²) in [5, 5.41) is 2.36. The lowest BCUT2D eigenvalue weighted by Crippen LogP contribution is -2.43. The van der Waals surface area contributed by atoms with E-state index in [4.69, 9.17) is 4.74 Å². The minimum Gasteiger partial charge on any atom is -0.488 e. The number of hydrazine groups is 1. The van der Waals surface area contributed by atoms with Crippen molar-refractivity contribution in [2.75, 3.05) is 6.54 Å². The van der Waals surface area contributed by atoms with Crippen LogP contribution in [0.15, 0.2) is 36.4 Å². The molecule has 0 bridgehead atoms. The van der Waals surface area contributed by atoms with Crippen LogP contribution in [-0.2, 0) is 4.79 Å². The van der Waals surface area contributed by atoms with Gasteiger partial charge in [-0.1, -0.05) is 24.3 Å². The molecule has 4 nitrogen and oxygen atoms in total. The number of alkyl halides is 3. The van der Waals surface area contributed by atoms with Crippen LogP contribution in [-0.4, -0.2) is 29.2 Å². The van der Waals surface area contributed by atoms with E-state index >= 15 is 0 Å². The Hall–Kier alpha value is -2.28. The second-order valence-electron chi connectivity index (χ2n) is 7.37. The Balaban J connectivity index is 2.08. The van der Waals surface area contributed by atoms with E-state index in [9.17, 15) is 18.0 Å². The normalized spacial score (nSPS) is 17.4. The lowest BCUT2D eigenvalue weighted by atomic mass is 10.00. The third kappa shape index (κ3) is 3.93. The molecule has 0 aliphatic carbocycles. The molecule has 1 aliphatic heterocycles. The van der Waals surface area contributed by atoms with Crippen LogP contribution >= 0.6 is 0 Å².